The van der Waals surface area contributed by atoms with Crippen molar-refractivity contribution in [1.82, 2.24) is 0 Å². The highest BCUT2D eigenvalue weighted by Gasteiger charge is 2.33. The lowest BCUT2D eigenvalue weighted by Crippen LogP contribution is -2.38. The highest BCUT2D eigenvalue weighted by molar-refractivity contribution is 7.98. The number of nitrogens with one attached hydrogen (secondary N) is 1. The average molecular weight is 541 g/mol. The van der Waals surface area contributed by atoms with Gasteiger partial charge in [-0.1, -0.05) is 18.2 Å². The van der Waals surface area contributed by atoms with Gasteiger partial charge in [0.15, 0.2) is 11.5 Å². The Bertz CT molecular complexity index is 1350. The van der Waals surface area contributed by atoms with E-state index >= 15 is 0 Å². The molecule has 0 saturated heterocycles. The molecule has 1 N–H and O–H groups in total. The Morgan fingerprint density at radius 2 is 1.67 bits per heavy atom. The first-order valence-electron chi connectivity index (χ1n) is 10.4. The van der Waals surface area contributed by atoms with Gasteiger partial charge in [-0.25, -0.2) is 8.42 Å². The molecule has 36 heavy (non-hydrogen) atoms. The minimum absolute atomic E-state index is 0.0981. The first-order chi connectivity index (χ1) is 17.0. The molecule has 0 aliphatic rings. The molecule has 192 valence electrons. The molecule has 0 spiro atoms. The second kappa shape index (κ2) is 11.1. The van der Waals surface area contributed by atoms with Crippen LogP contribution in [0.5, 0.6) is 11.5 Å². The van der Waals surface area contributed by atoms with Crippen LogP contribution in [0.25, 0.3) is 0 Å². The van der Waals surface area contributed by atoms with Crippen LogP contribution in [0.3, 0.4) is 0 Å². The van der Waals surface area contributed by atoms with Crippen LogP contribution in [0.1, 0.15) is 5.56 Å². The minimum atomic E-state index is -4.71. The lowest BCUT2D eigenvalue weighted by Gasteiger charge is -2.25. The second-order valence-electron chi connectivity index (χ2n) is 7.33. The van der Waals surface area contributed by atoms with Gasteiger partial charge in [0.05, 0.1) is 36.1 Å². The highest BCUT2D eigenvalue weighted by atomic mass is 32.2. The summed E-state index contributed by atoms with van der Waals surface area (Å²) in [5, 5.41) is 2.64. The Kier molecular flexibility index (Phi) is 8.41. The molecule has 3 aromatic carbocycles. The Morgan fingerprint density at radius 1 is 0.972 bits per heavy atom. The molecule has 12 heteroatoms. The fraction of sp³-hybridized carbons (Fsp3) is 0.208. The van der Waals surface area contributed by atoms with E-state index < -0.39 is 34.2 Å². The van der Waals surface area contributed by atoms with Crippen molar-refractivity contribution in [3.05, 3.63) is 72.3 Å². The number of ether oxygens (including phenoxy) is 2. The number of halogens is 3. The molecule has 0 aliphatic heterocycles. The molecule has 0 aromatic heterocycles. The van der Waals surface area contributed by atoms with Crippen LogP contribution in [0.4, 0.5) is 24.5 Å². The number of methoxy groups -OCH3 is 2. The molecule has 3 aromatic rings. The van der Waals surface area contributed by atoms with Crippen LogP contribution in [-0.2, 0) is 21.0 Å². The van der Waals surface area contributed by atoms with Gasteiger partial charge in [-0.2, -0.15) is 13.2 Å². The standard InChI is InChI=1S/C24H23F3N2O5S2/c1-33-20-12-11-18(14-21(20)34-2)36(31,32)29(17-8-6-7-16(13-17)24(25,26)27)15-23(30)28-19-9-4-5-10-22(19)35-3/h4-14H,15H2,1-3H3,(H,28,30). The van der Waals surface area contributed by atoms with Crippen molar-refractivity contribution in [2.45, 2.75) is 16.0 Å². The van der Waals surface area contributed by atoms with E-state index in [0.717, 1.165) is 17.0 Å². The topological polar surface area (TPSA) is 84.9 Å². The van der Waals surface area contributed by atoms with Crippen molar-refractivity contribution >= 4 is 39.1 Å². The van der Waals surface area contributed by atoms with Crippen LogP contribution in [0.15, 0.2) is 76.5 Å². The number of benzene rings is 3. The van der Waals surface area contributed by atoms with Crippen LogP contribution >= 0.6 is 11.8 Å². The van der Waals surface area contributed by atoms with Crippen LogP contribution in [0, 0.1) is 0 Å². The first-order valence-corrected chi connectivity index (χ1v) is 13.0. The third kappa shape index (κ3) is 6.05. The number of carbonyl (C=O) groups is 1. The lowest BCUT2D eigenvalue weighted by molar-refractivity contribution is -0.137. The molecule has 7 nitrogen and oxygen atoms in total. The largest absolute Gasteiger partial charge is 0.493 e. The predicted octanol–water partition coefficient (Wildman–Crippen LogP) is 5.28. The minimum Gasteiger partial charge on any atom is -0.493 e. The molecule has 0 radical (unpaired) electrons. The molecular formula is C24H23F3N2O5S2. The fourth-order valence-corrected chi connectivity index (χ4v) is 5.31. The third-order valence-corrected chi connectivity index (χ3v) is 7.64. The van der Waals surface area contributed by atoms with E-state index in [1.807, 2.05) is 0 Å². The summed E-state index contributed by atoms with van der Waals surface area (Å²) in [6.07, 6.45) is -2.91. The summed E-state index contributed by atoms with van der Waals surface area (Å²) in [5.41, 5.74) is -0.934. The zero-order chi connectivity index (χ0) is 26.5. The molecule has 0 bridgehead atoms. The number of hydrogen-bond donors (Lipinski definition) is 1. The average Bonchev–Trinajstić information content (AvgIpc) is 2.86. The van der Waals surface area contributed by atoms with Gasteiger partial charge in [0.25, 0.3) is 10.0 Å². The van der Waals surface area contributed by atoms with Crippen LogP contribution in [0.2, 0.25) is 0 Å². The number of hydrogen-bond acceptors (Lipinski definition) is 6. The van der Waals surface area contributed by atoms with E-state index in [4.69, 9.17) is 9.47 Å². The molecule has 0 heterocycles. The maximum atomic E-state index is 13.6. The SMILES string of the molecule is COc1ccc(S(=O)(=O)N(CC(=O)Nc2ccccc2SC)c2cccc(C(F)(F)F)c2)cc1OC. The van der Waals surface area contributed by atoms with Gasteiger partial charge >= 0.3 is 6.18 Å². The van der Waals surface area contributed by atoms with Crippen molar-refractivity contribution < 1.29 is 35.9 Å². The first kappa shape index (κ1) is 27.2. The predicted molar refractivity (Wildman–Crippen MR) is 132 cm³/mol. The summed E-state index contributed by atoms with van der Waals surface area (Å²) >= 11 is 1.37. The zero-order valence-electron chi connectivity index (χ0n) is 19.5. The van der Waals surface area contributed by atoms with E-state index in [0.29, 0.717) is 16.1 Å². The Morgan fingerprint density at radius 3 is 2.31 bits per heavy atom. The number of thioether (sulfide) groups is 1. The number of para-hydroxylation sites is 1. The number of alkyl halides is 3. The van der Waals surface area contributed by atoms with E-state index in [9.17, 15) is 26.4 Å². The normalized spacial score (nSPS) is 11.6. The Balaban J connectivity index is 2.07. The second-order valence-corrected chi connectivity index (χ2v) is 10.0. The van der Waals surface area contributed by atoms with Crippen molar-refractivity contribution in [2.24, 2.45) is 0 Å². The summed E-state index contributed by atoms with van der Waals surface area (Å²) in [6.45, 7) is -0.777. The van der Waals surface area contributed by atoms with E-state index in [2.05, 4.69) is 5.32 Å². The number of rotatable bonds is 9. The molecule has 1 amide bonds. The molecule has 0 fully saturated rings. The highest BCUT2D eigenvalue weighted by Crippen LogP contribution is 2.35. The lowest BCUT2D eigenvalue weighted by atomic mass is 10.2. The molecule has 0 atom stereocenters. The van der Waals surface area contributed by atoms with Crippen molar-refractivity contribution in [1.29, 1.82) is 0 Å². The Labute approximate surface area is 211 Å². The van der Waals surface area contributed by atoms with Crippen molar-refractivity contribution in [2.75, 3.05) is 36.6 Å². The van der Waals surface area contributed by atoms with Crippen LogP contribution in [-0.4, -0.2) is 41.3 Å². The van der Waals surface area contributed by atoms with Gasteiger partial charge in [-0.15, -0.1) is 11.8 Å². The van der Waals surface area contributed by atoms with Gasteiger partial charge in [-0.05, 0) is 48.7 Å². The smallest absolute Gasteiger partial charge is 0.416 e. The van der Waals surface area contributed by atoms with Gasteiger partial charge in [0.2, 0.25) is 5.91 Å². The van der Waals surface area contributed by atoms with Crippen molar-refractivity contribution in [3.63, 3.8) is 0 Å². The number of amides is 1. The molecule has 3 rings (SSSR count). The fourth-order valence-electron chi connectivity index (χ4n) is 3.32. The van der Waals surface area contributed by atoms with Gasteiger partial charge in [-0.3, -0.25) is 9.10 Å². The maximum absolute atomic E-state index is 13.6. The van der Waals surface area contributed by atoms with E-state index in [1.165, 1.54) is 50.2 Å². The monoisotopic (exact) mass is 540 g/mol. The zero-order valence-corrected chi connectivity index (χ0v) is 21.1. The maximum Gasteiger partial charge on any atom is 0.416 e. The number of sulfonamides is 1. The Hall–Kier alpha value is -3.38. The van der Waals surface area contributed by atoms with Gasteiger partial charge in [0.1, 0.15) is 6.54 Å². The number of anilines is 2. The molecule has 0 unspecified atom stereocenters. The molecule has 0 aliphatic carbocycles. The van der Waals surface area contributed by atoms with Crippen LogP contribution < -0.4 is 19.1 Å². The van der Waals surface area contributed by atoms with Gasteiger partial charge < -0.3 is 14.8 Å². The quantitative estimate of drug-likeness (QED) is 0.372. The summed E-state index contributed by atoms with van der Waals surface area (Å²) < 4.78 is 78.4. The van der Waals surface area contributed by atoms with E-state index in [-0.39, 0.29) is 22.1 Å². The summed E-state index contributed by atoms with van der Waals surface area (Å²) in [7, 11) is -1.82. The summed E-state index contributed by atoms with van der Waals surface area (Å²) in [5.74, 6) is -0.382. The van der Waals surface area contributed by atoms with E-state index in [1.54, 1.807) is 30.5 Å². The van der Waals surface area contributed by atoms with Gasteiger partial charge in [0, 0.05) is 11.0 Å². The third-order valence-electron chi connectivity index (χ3n) is 5.07. The summed E-state index contributed by atoms with van der Waals surface area (Å²) in [4.78, 5) is 13.4. The molecular weight excluding hydrogens is 517 g/mol. The number of carbonyl (C=O) groups excluding carboxylic acids is 1. The number of nitrogens with zero attached hydrogens (tertiary/aromatic N) is 1. The molecule has 0 saturated carbocycles. The van der Waals surface area contributed by atoms with Crippen molar-refractivity contribution in [3.8, 4) is 11.5 Å². The summed E-state index contributed by atoms with van der Waals surface area (Å²) in [6, 6.07) is 14.4.